The van der Waals surface area contributed by atoms with Crippen LogP contribution in [0.3, 0.4) is 0 Å². The van der Waals surface area contributed by atoms with Gasteiger partial charge in [0.25, 0.3) is 0 Å². The summed E-state index contributed by atoms with van der Waals surface area (Å²) in [4.78, 5) is 17.1. The van der Waals surface area contributed by atoms with Crippen LogP contribution < -0.4 is 10.6 Å². The zero-order chi connectivity index (χ0) is 22.0. The third-order valence-corrected chi connectivity index (χ3v) is 5.24. The van der Waals surface area contributed by atoms with Gasteiger partial charge in [-0.3, -0.25) is 5.10 Å². The molecule has 0 aliphatic heterocycles. The molecule has 4 aromatic rings. The first kappa shape index (κ1) is 20.6. The summed E-state index contributed by atoms with van der Waals surface area (Å²) in [6.45, 7) is 8.51. The zero-order valence-corrected chi connectivity index (χ0v) is 18.3. The maximum absolute atomic E-state index is 12.4. The van der Waals surface area contributed by atoms with Crippen LogP contribution in [0.25, 0.3) is 22.2 Å². The number of hydrogen-bond donors (Lipinski definition) is 3. The molecule has 2 aromatic carbocycles. The predicted molar refractivity (Wildman–Crippen MR) is 126 cm³/mol. The van der Waals surface area contributed by atoms with E-state index in [0.29, 0.717) is 0 Å². The van der Waals surface area contributed by atoms with Crippen molar-refractivity contribution < 1.29 is 4.79 Å². The summed E-state index contributed by atoms with van der Waals surface area (Å²) >= 11 is 0. The van der Waals surface area contributed by atoms with Gasteiger partial charge < -0.3 is 10.6 Å². The molecule has 0 atom stereocenters. The Hall–Kier alpha value is -3.67. The van der Waals surface area contributed by atoms with Crippen LogP contribution in [0.1, 0.15) is 39.0 Å². The molecule has 2 heterocycles. The Kier molecular flexibility index (Phi) is 5.46. The minimum atomic E-state index is -0.267. The fourth-order valence-electron chi connectivity index (χ4n) is 3.45. The van der Waals surface area contributed by atoms with Gasteiger partial charge in [0, 0.05) is 27.9 Å². The van der Waals surface area contributed by atoms with E-state index >= 15 is 0 Å². The quantitative estimate of drug-likeness (QED) is 0.376. The van der Waals surface area contributed by atoms with Crippen LogP contribution in [0.2, 0.25) is 0 Å². The molecule has 6 heteroatoms. The van der Waals surface area contributed by atoms with Crippen LogP contribution in [0.5, 0.6) is 0 Å². The second-order valence-corrected chi connectivity index (χ2v) is 8.65. The van der Waals surface area contributed by atoms with E-state index in [1.165, 1.54) is 5.56 Å². The number of aromatic nitrogens is 3. The van der Waals surface area contributed by atoms with Crippen LogP contribution in [-0.4, -0.2) is 21.2 Å². The Bertz CT molecular complexity index is 1220. The average molecular weight is 414 g/mol. The number of rotatable bonds is 4. The van der Waals surface area contributed by atoms with Crippen LogP contribution >= 0.6 is 0 Å². The van der Waals surface area contributed by atoms with Gasteiger partial charge in [-0.1, -0.05) is 52.0 Å². The number of aryl methyl sites for hydroxylation is 1. The van der Waals surface area contributed by atoms with Crippen molar-refractivity contribution >= 4 is 28.4 Å². The van der Waals surface area contributed by atoms with Gasteiger partial charge in [-0.25, -0.2) is 9.78 Å². The number of anilines is 2. The van der Waals surface area contributed by atoms with Gasteiger partial charge in [-0.2, -0.15) is 5.10 Å². The van der Waals surface area contributed by atoms with Crippen LogP contribution in [0.15, 0.2) is 60.8 Å². The third-order valence-electron chi connectivity index (χ3n) is 5.24. The standard InChI is InChI=1S/C25H27N5O/c1-5-16-7-6-8-19(13-16)28-24(31)27-18-11-9-17(10-12-18)20-14-22(25(2,3)4)29-23-21(20)15-26-30-23/h6-15H,5H2,1-4H3,(H,26,29,30)(H2,27,28,31). The molecule has 2 aromatic heterocycles. The number of benzene rings is 2. The molecule has 0 bridgehead atoms. The lowest BCUT2D eigenvalue weighted by molar-refractivity contribution is 0.262. The summed E-state index contributed by atoms with van der Waals surface area (Å²) in [5, 5.41) is 13.9. The highest BCUT2D eigenvalue weighted by atomic mass is 16.2. The molecule has 0 aliphatic carbocycles. The maximum atomic E-state index is 12.4. The number of urea groups is 1. The van der Waals surface area contributed by atoms with E-state index in [1.54, 1.807) is 6.20 Å². The predicted octanol–water partition coefficient (Wildman–Crippen LogP) is 6.13. The number of fused-ring (bicyclic) bond motifs is 1. The molecule has 0 fully saturated rings. The smallest absolute Gasteiger partial charge is 0.308 e. The Morgan fingerprint density at radius 1 is 1.00 bits per heavy atom. The Labute approximate surface area is 182 Å². The number of carbonyl (C=O) groups is 1. The van der Waals surface area contributed by atoms with Gasteiger partial charge in [0.15, 0.2) is 5.65 Å². The van der Waals surface area contributed by atoms with Gasteiger partial charge >= 0.3 is 6.03 Å². The number of H-pyrrole nitrogens is 1. The monoisotopic (exact) mass is 413 g/mol. The Morgan fingerprint density at radius 3 is 2.45 bits per heavy atom. The lowest BCUT2D eigenvalue weighted by Crippen LogP contribution is -2.19. The van der Waals surface area contributed by atoms with Crippen molar-refractivity contribution in [1.29, 1.82) is 0 Å². The molecule has 0 aliphatic rings. The largest absolute Gasteiger partial charge is 0.323 e. The van der Waals surface area contributed by atoms with Gasteiger partial charge in [-0.15, -0.1) is 0 Å². The van der Waals surface area contributed by atoms with Gasteiger partial charge in [0.05, 0.1) is 6.20 Å². The van der Waals surface area contributed by atoms with Crippen molar-refractivity contribution in [3.05, 3.63) is 72.1 Å². The van der Waals surface area contributed by atoms with Crippen molar-refractivity contribution in [2.75, 3.05) is 10.6 Å². The minimum absolute atomic E-state index is 0.0806. The van der Waals surface area contributed by atoms with Crippen LogP contribution in [0, 0.1) is 0 Å². The fourth-order valence-corrected chi connectivity index (χ4v) is 3.45. The van der Waals surface area contributed by atoms with E-state index in [-0.39, 0.29) is 11.4 Å². The Morgan fingerprint density at radius 2 is 1.74 bits per heavy atom. The number of aromatic amines is 1. The van der Waals surface area contributed by atoms with Crippen LogP contribution in [0.4, 0.5) is 16.2 Å². The molecule has 31 heavy (non-hydrogen) atoms. The van der Waals surface area contributed by atoms with E-state index in [1.807, 2.05) is 48.5 Å². The minimum Gasteiger partial charge on any atom is -0.308 e. The lowest BCUT2D eigenvalue weighted by atomic mass is 9.89. The first-order valence-electron chi connectivity index (χ1n) is 10.5. The number of nitrogens with one attached hydrogen (secondary N) is 3. The summed E-state index contributed by atoms with van der Waals surface area (Å²) in [6.07, 6.45) is 2.72. The molecule has 6 nitrogen and oxygen atoms in total. The highest BCUT2D eigenvalue weighted by Crippen LogP contribution is 2.32. The van der Waals surface area contributed by atoms with Crippen molar-refractivity contribution in [2.24, 2.45) is 0 Å². The highest BCUT2D eigenvalue weighted by molar-refractivity contribution is 6.00. The molecule has 2 amide bonds. The zero-order valence-electron chi connectivity index (χ0n) is 18.3. The SMILES string of the molecule is CCc1cccc(NC(=O)Nc2ccc(-c3cc(C(C)(C)C)nc4[nH]ncc34)cc2)c1. The molecule has 0 spiro atoms. The summed E-state index contributed by atoms with van der Waals surface area (Å²) < 4.78 is 0. The molecule has 0 saturated carbocycles. The summed E-state index contributed by atoms with van der Waals surface area (Å²) in [5.41, 5.74) is 6.48. The van der Waals surface area contributed by atoms with Gasteiger partial charge in [0.2, 0.25) is 0 Å². The van der Waals surface area contributed by atoms with E-state index < -0.39 is 0 Å². The average Bonchev–Trinajstić information content (AvgIpc) is 3.22. The second kappa shape index (κ2) is 8.22. The molecule has 158 valence electrons. The third kappa shape index (κ3) is 4.58. The van der Waals surface area contributed by atoms with Crippen molar-refractivity contribution in [2.45, 2.75) is 39.5 Å². The van der Waals surface area contributed by atoms with Crippen molar-refractivity contribution in [3.63, 3.8) is 0 Å². The molecule has 0 unspecified atom stereocenters. The molecule has 3 N–H and O–H groups in total. The number of hydrogen-bond acceptors (Lipinski definition) is 3. The number of amides is 2. The van der Waals surface area contributed by atoms with Gasteiger partial charge in [-0.05, 0) is 53.4 Å². The van der Waals surface area contributed by atoms with Crippen molar-refractivity contribution in [3.8, 4) is 11.1 Å². The first-order chi connectivity index (χ1) is 14.8. The summed E-state index contributed by atoms with van der Waals surface area (Å²) in [6, 6.07) is 17.5. The fraction of sp³-hybridized carbons (Fsp3) is 0.240. The number of carbonyl (C=O) groups excluding carboxylic acids is 1. The molecular formula is C25H27N5O. The molecule has 0 radical (unpaired) electrons. The molecular weight excluding hydrogens is 386 g/mol. The van der Waals surface area contributed by atoms with E-state index in [2.05, 4.69) is 54.6 Å². The summed E-state index contributed by atoms with van der Waals surface area (Å²) in [7, 11) is 0. The molecule has 4 rings (SSSR count). The normalized spacial score (nSPS) is 11.5. The number of pyridine rings is 1. The topological polar surface area (TPSA) is 82.7 Å². The lowest BCUT2D eigenvalue weighted by Gasteiger charge is -2.19. The highest BCUT2D eigenvalue weighted by Gasteiger charge is 2.19. The second-order valence-electron chi connectivity index (χ2n) is 8.65. The first-order valence-corrected chi connectivity index (χ1v) is 10.5. The number of nitrogens with zero attached hydrogens (tertiary/aromatic N) is 2. The van der Waals surface area contributed by atoms with Crippen LogP contribution in [-0.2, 0) is 11.8 Å². The van der Waals surface area contributed by atoms with Crippen molar-refractivity contribution in [1.82, 2.24) is 15.2 Å². The van der Waals surface area contributed by atoms with E-state index in [4.69, 9.17) is 4.98 Å². The van der Waals surface area contributed by atoms with Gasteiger partial charge in [0.1, 0.15) is 0 Å². The summed E-state index contributed by atoms with van der Waals surface area (Å²) in [5.74, 6) is 0. The Balaban J connectivity index is 1.54. The van der Waals surface area contributed by atoms with E-state index in [9.17, 15) is 4.79 Å². The molecule has 0 saturated heterocycles. The van der Waals surface area contributed by atoms with E-state index in [0.717, 1.165) is 45.6 Å². The maximum Gasteiger partial charge on any atom is 0.323 e.